The van der Waals surface area contributed by atoms with Crippen LogP contribution in [-0.4, -0.2) is 23.4 Å². The van der Waals surface area contributed by atoms with Gasteiger partial charge in [0.15, 0.2) is 0 Å². The number of hydrogen-bond acceptors (Lipinski definition) is 2. The first kappa shape index (κ1) is 11.5. The number of ether oxygens (including phenoxy) is 1. The maximum atomic E-state index is 11.4. The van der Waals surface area contributed by atoms with E-state index < -0.39 is 0 Å². The van der Waals surface area contributed by atoms with Crippen LogP contribution < -0.4 is 10.1 Å². The first-order valence-electron chi connectivity index (χ1n) is 5.33. The molecular formula is C12H14BrNO2. The number of rotatable bonds is 3. The minimum Gasteiger partial charge on any atom is -0.488 e. The van der Waals surface area contributed by atoms with Crippen molar-refractivity contribution in [2.45, 2.75) is 24.3 Å². The average molecular weight is 284 g/mol. The Morgan fingerprint density at radius 1 is 1.62 bits per heavy atom. The van der Waals surface area contributed by atoms with E-state index in [1.165, 1.54) is 5.56 Å². The van der Waals surface area contributed by atoms with E-state index in [1.807, 2.05) is 18.2 Å². The van der Waals surface area contributed by atoms with Crippen LogP contribution in [0.2, 0.25) is 0 Å². The molecule has 1 aliphatic rings. The van der Waals surface area contributed by atoms with E-state index in [0.29, 0.717) is 6.54 Å². The van der Waals surface area contributed by atoms with Crippen molar-refractivity contribution in [1.29, 1.82) is 0 Å². The highest BCUT2D eigenvalue weighted by atomic mass is 79.9. The number of para-hydroxylation sites is 1. The van der Waals surface area contributed by atoms with E-state index in [0.717, 1.165) is 12.2 Å². The number of nitrogens with one attached hydrogen (secondary N) is 1. The second kappa shape index (κ2) is 4.87. The highest BCUT2D eigenvalue weighted by molar-refractivity contribution is 9.10. The number of amides is 1. The van der Waals surface area contributed by atoms with Gasteiger partial charge in [0.25, 0.3) is 0 Å². The highest BCUT2D eigenvalue weighted by Crippen LogP contribution is 2.27. The molecule has 1 heterocycles. The number of carbonyl (C=O) groups is 1. The van der Waals surface area contributed by atoms with Crippen LogP contribution in [0.3, 0.4) is 0 Å². The van der Waals surface area contributed by atoms with E-state index in [4.69, 9.17) is 4.74 Å². The monoisotopic (exact) mass is 283 g/mol. The summed E-state index contributed by atoms with van der Waals surface area (Å²) < 4.78 is 5.71. The van der Waals surface area contributed by atoms with Crippen molar-refractivity contribution < 1.29 is 9.53 Å². The van der Waals surface area contributed by atoms with Gasteiger partial charge in [0.2, 0.25) is 5.91 Å². The van der Waals surface area contributed by atoms with Crippen LogP contribution in [0.1, 0.15) is 12.5 Å². The Morgan fingerprint density at radius 3 is 3.06 bits per heavy atom. The molecule has 0 radical (unpaired) electrons. The summed E-state index contributed by atoms with van der Waals surface area (Å²) in [7, 11) is 0. The third-order valence-electron chi connectivity index (χ3n) is 2.58. The standard InChI is InChI=1S/C12H14BrNO2/c1-8(13)12(15)14-7-10-6-9-4-2-3-5-11(9)16-10/h2-5,8,10H,6-7H2,1H3,(H,14,15). The average Bonchev–Trinajstić information content (AvgIpc) is 2.68. The van der Waals surface area contributed by atoms with Gasteiger partial charge in [-0.05, 0) is 18.6 Å². The van der Waals surface area contributed by atoms with Crippen LogP contribution in [-0.2, 0) is 11.2 Å². The van der Waals surface area contributed by atoms with Gasteiger partial charge >= 0.3 is 0 Å². The molecule has 1 aromatic carbocycles. The molecule has 3 nitrogen and oxygen atoms in total. The van der Waals surface area contributed by atoms with Crippen LogP contribution in [0.25, 0.3) is 0 Å². The van der Waals surface area contributed by atoms with Crippen LogP contribution in [0, 0.1) is 0 Å². The summed E-state index contributed by atoms with van der Waals surface area (Å²) >= 11 is 3.22. The molecule has 2 atom stereocenters. The predicted octanol–water partition coefficient (Wildman–Crippen LogP) is 1.89. The Bertz CT molecular complexity index is 367. The highest BCUT2D eigenvalue weighted by Gasteiger charge is 2.22. The molecule has 2 rings (SSSR count). The molecule has 0 saturated heterocycles. The van der Waals surface area contributed by atoms with Gasteiger partial charge in [-0.25, -0.2) is 0 Å². The molecule has 16 heavy (non-hydrogen) atoms. The molecule has 0 saturated carbocycles. The molecule has 0 bridgehead atoms. The normalized spacial score (nSPS) is 19.8. The van der Waals surface area contributed by atoms with Crippen molar-refractivity contribution in [3.8, 4) is 5.75 Å². The van der Waals surface area contributed by atoms with Crippen molar-refractivity contribution in [1.82, 2.24) is 5.32 Å². The van der Waals surface area contributed by atoms with Crippen molar-refractivity contribution in [2.24, 2.45) is 0 Å². The number of fused-ring (bicyclic) bond motifs is 1. The molecule has 0 spiro atoms. The Balaban J connectivity index is 1.86. The molecule has 1 aliphatic heterocycles. The van der Waals surface area contributed by atoms with Crippen LogP contribution in [0.4, 0.5) is 0 Å². The molecule has 0 aromatic heterocycles. The van der Waals surface area contributed by atoms with Crippen molar-refractivity contribution in [2.75, 3.05) is 6.54 Å². The maximum Gasteiger partial charge on any atom is 0.233 e. The Morgan fingerprint density at radius 2 is 2.38 bits per heavy atom. The Hall–Kier alpha value is -1.03. The zero-order valence-electron chi connectivity index (χ0n) is 9.07. The van der Waals surface area contributed by atoms with E-state index in [2.05, 4.69) is 27.3 Å². The fraction of sp³-hybridized carbons (Fsp3) is 0.417. The molecular weight excluding hydrogens is 270 g/mol. The van der Waals surface area contributed by atoms with Crippen LogP contribution >= 0.6 is 15.9 Å². The number of halogens is 1. The van der Waals surface area contributed by atoms with E-state index >= 15 is 0 Å². The van der Waals surface area contributed by atoms with Gasteiger partial charge in [0.1, 0.15) is 11.9 Å². The van der Waals surface area contributed by atoms with Gasteiger partial charge in [-0.1, -0.05) is 34.1 Å². The van der Waals surface area contributed by atoms with Crippen molar-refractivity contribution >= 4 is 21.8 Å². The van der Waals surface area contributed by atoms with E-state index in [1.54, 1.807) is 6.92 Å². The topological polar surface area (TPSA) is 38.3 Å². The fourth-order valence-corrected chi connectivity index (χ4v) is 1.88. The first-order valence-corrected chi connectivity index (χ1v) is 6.24. The predicted molar refractivity (Wildman–Crippen MR) is 66.0 cm³/mol. The molecule has 0 fully saturated rings. The molecule has 4 heteroatoms. The summed E-state index contributed by atoms with van der Waals surface area (Å²) in [4.78, 5) is 11.2. The van der Waals surface area contributed by atoms with Gasteiger partial charge in [-0.15, -0.1) is 0 Å². The first-order chi connectivity index (χ1) is 7.66. The van der Waals surface area contributed by atoms with Crippen molar-refractivity contribution in [3.63, 3.8) is 0 Å². The summed E-state index contributed by atoms with van der Waals surface area (Å²) in [6.45, 7) is 2.36. The second-order valence-corrected chi connectivity index (χ2v) is 5.29. The lowest BCUT2D eigenvalue weighted by molar-refractivity contribution is -0.120. The summed E-state index contributed by atoms with van der Waals surface area (Å²) in [5, 5.41) is 2.85. The van der Waals surface area contributed by atoms with Crippen molar-refractivity contribution in [3.05, 3.63) is 29.8 Å². The SMILES string of the molecule is CC(Br)C(=O)NCC1Cc2ccccc2O1. The largest absolute Gasteiger partial charge is 0.488 e. The third-order valence-corrected chi connectivity index (χ3v) is 2.99. The number of carbonyl (C=O) groups excluding carboxylic acids is 1. The van der Waals surface area contributed by atoms with Gasteiger partial charge in [0.05, 0.1) is 11.4 Å². The lowest BCUT2D eigenvalue weighted by Crippen LogP contribution is -2.37. The van der Waals surface area contributed by atoms with Gasteiger partial charge < -0.3 is 10.1 Å². The minimum absolute atomic E-state index is 0.000411. The third kappa shape index (κ3) is 2.55. The smallest absolute Gasteiger partial charge is 0.233 e. The number of alkyl halides is 1. The lowest BCUT2D eigenvalue weighted by atomic mass is 10.1. The summed E-state index contributed by atoms with van der Waals surface area (Å²) in [5.74, 6) is 0.938. The molecule has 86 valence electrons. The molecule has 2 unspecified atom stereocenters. The summed E-state index contributed by atoms with van der Waals surface area (Å²) in [6, 6.07) is 7.98. The maximum absolute atomic E-state index is 11.4. The summed E-state index contributed by atoms with van der Waals surface area (Å²) in [5.41, 5.74) is 1.22. The minimum atomic E-state index is -0.156. The molecule has 1 amide bonds. The zero-order chi connectivity index (χ0) is 11.5. The van der Waals surface area contributed by atoms with E-state index in [9.17, 15) is 4.79 Å². The Kier molecular flexibility index (Phi) is 3.49. The zero-order valence-corrected chi connectivity index (χ0v) is 10.7. The van der Waals surface area contributed by atoms with E-state index in [-0.39, 0.29) is 16.8 Å². The second-order valence-electron chi connectivity index (χ2n) is 3.91. The number of benzene rings is 1. The Labute approximate surface area is 103 Å². The molecule has 0 aliphatic carbocycles. The van der Waals surface area contributed by atoms with Gasteiger partial charge in [-0.3, -0.25) is 4.79 Å². The van der Waals surface area contributed by atoms with Gasteiger partial charge in [0, 0.05) is 6.42 Å². The van der Waals surface area contributed by atoms with Crippen LogP contribution in [0.15, 0.2) is 24.3 Å². The number of hydrogen-bond donors (Lipinski definition) is 1. The summed E-state index contributed by atoms with van der Waals surface area (Å²) in [6.07, 6.45) is 0.931. The fourth-order valence-electron chi connectivity index (χ4n) is 1.72. The molecule has 1 N–H and O–H groups in total. The lowest BCUT2D eigenvalue weighted by Gasteiger charge is -2.12. The molecule has 1 aromatic rings. The quantitative estimate of drug-likeness (QED) is 0.861. The van der Waals surface area contributed by atoms with Gasteiger partial charge in [-0.2, -0.15) is 0 Å². The van der Waals surface area contributed by atoms with Crippen LogP contribution in [0.5, 0.6) is 5.75 Å².